The SMILES string of the molecule is Cc1nn(CCN2CCOCC2)c2ccc(-n3c(=O)n(C)c4ccccc43)cc12. The summed E-state index contributed by atoms with van der Waals surface area (Å²) in [5.74, 6) is 0. The normalized spacial score (nSPS) is 15.5. The summed E-state index contributed by atoms with van der Waals surface area (Å²) in [6.45, 7) is 7.41. The van der Waals surface area contributed by atoms with Crippen molar-refractivity contribution < 1.29 is 4.74 Å². The van der Waals surface area contributed by atoms with Crippen LogP contribution in [0.2, 0.25) is 0 Å². The highest BCUT2D eigenvalue weighted by Crippen LogP contribution is 2.24. The van der Waals surface area contributed by atoms with Crippen LogP contribution >= 0.6 is 0 Å². The summed E-state index contributed by atoms with van der Waals surface area (Å²) in [6, 6.07) is 14.1. The van der Waals surface area contributed by atoms with Crippen molar-refractivity contribution in [2.24, 2.45) is 7.05 Å². The second-order valence-corrected chi connectivity index (χ2v) is 7.63. The Kier molecular flexibility index (Phi) is 4.49. The van der Waals surface area contributed by atoms with Gasteiger partial charge in [0.1, 0.15) is 0 Å². The summed E-state index contributed by atoms with van der Waals surface area (Å²) in [6.07, 6.45) is 0. The smallest absolute Gasteiger partial charge is 0.333 e. The fourth-order valence-electron chi connectivity index (χ4n) is 4.24. The van der Waals surface area contributed by atoms with Crippen molar-refractivity contribution in [3.05, 3.63) is 58.6 Å². The second kappa shape index (κ2) is 7.17. The Balaban J connectivity index is 1.53. The van der Waals surface area contributed by atoms with E-state index in [1.807, 2.05) is 44.3 Å². The molecule has 0 radical (unpaired) electrons. The average Bonchev–Trinajstić information content (AvgIpc) is 3.21. The third-order valence-corrected chi connectivity index (χ3v) is 5.87. The van der Waals surface area contributed by atoms with Crippen molar-refractivity contribution in [1.29, 1.82) is 0 Å². The van der Waals surface area contributed by atoms with Crippen LogP contribution in [-0.4, -0.2) is 56.7 Å². The lowest BCUT2D eigenvalue weighted by Crippen LogP contribution is -2.38. The van der Waals surface area contributed by atoms with Crippen LogP contribution in [-0.2, 0) is 18.3 Å². The standard InChI is InChI=1S/C22H25N5O2/c1-16-18-15-17(27-21-6-4-3-5-20(21)24(2)22(27)28)7-8-19(18)26(23-16)10-9-25-11-13-29-14-12-25/h3-8,15H,9-14H2,1-2H3. The number of aryl methyl sites for hydroxylation is 2. The number of imidazole rings is 1. The summed E-state index contributed by atoms with van der Waals surface area (Å²) in [7, 11) is 1.81. The molecule has 7 heteroatoms. The molecule has 0 bridgehead atoms. The van der Waals surface area contributed by atoms with Crippen LogP contribution in [0.3, 0.4) is 0 Å². The first-order valence-corrected chi connectivity index (χ1v) is 10.1. The van der Waals surface area contributed by atoms with Crippen LogP contribution < -0.4 is 5.69 Å². The van der Waals surface area contributed by atoms with Gasteiger partial charge in [0.15, 0.2) is 0 Å². The number of benzene rings is 2. The number of hydrogen-bond acceptors (Lipinski definition) is 4. The Morgan fingerprint density at radius 3 is 2.55 bits per heavy atom. The molecule has 0 N–H and O–H groups in total. The number of para-hydroxylation sites is 2. The maximum absolute atomic E-state index is 12.9. The first kappa shape index (κ1) is 18.1. The van der Waals surface area contributed by atoms with Gasteiger partial charge in [-0.3, -0.25) is 18.7 Å². The average molecular weight is 391 g/mol. The Labute approximate surface area is 168 Å². The van der Waals surface area contributed by atoms with Crippen molar-refractivity contribution in [3.8, 4) is 5.69 Å². The Bertz CT molecular complexity index is 1240. The van der Waals surface area contributed by atoms with E-state index in [1.165, 1.54) is 0 Å². The second-order valence-electron chi connectivity index (χ2n) is 7.63. The molecule has 3 heterocycles. The molecule has 1 aliphatic heterocycles. The lowest BCUT2D eigenvalue weighted by molar-refractivity contribution is 0.0361. The van der Waals surface area contributed by atoms with Crippen molar-refractivity contribution in [2.45, 2.75) is 13.5 Å². The molecule has 1 aliphatic rings. The number of morpholine rings is 1. The van der Waals surface area contributed by atoms with Crippen LogP contribution in [0.15, 0.2) is 47.3 Å². The maximum Gasteiger partial charge on any atom is 0.333 e. The number of aromatic nitrogens is 4. The lowest BCUT2D eigenvalue weighted by Gasteiger charge is -2.26. The van der Waals surface area contributed by atoms with Crippen LogP contribution in [0.5, 0.6) is 0 Å². The highest BCUT2D eigenvalue weighted by molar-refractivity contribution is 5.85. The molecule has 29 heavy (non-hydrogen) atoms. The Hall–Kier alpha value is -2.90. The molecule has 0 aliphatic carbocycles. The number of hydrogen-bond donors (Lipinski definition) is 0. The van der Waals surface area contributed by atoms with Crippen molar-refractivity contribution in [1.82, 2.24) is 23.8 Å². The molecular weight excluding hydrogens is 366 g/mol. The van der Waals surface area contributed by atoms with Crippen molar-refractivity contribution >= 4 is 21.9 Å². The van der Waals surface area contributed by atoms with E-state index in [9.17, 15) is 4.79 Å². The third-order valence-electron chi connectivity index (χ3n) is 5.87. The first-order chi connectivity index (χ1) is 14.1. The Morgan fingerprint density at radius 2 is 1.76 bits per heavy atom. The van der Waals surface area contributed by atoms with Crippen molar-refractivity contribution in [2.75, 3.05) is 32.8 Å². The summed E-state index contributed by atoms with van der Waals surface area (Å²) in [5.41, 5.74) is 4.76. The van der Waals surface area contributed by atoms with E-state index in [2.05, 4.69) is 21.7 Å². The first-order valence-electron chi connectivity index (χ1n) is 10.1. The maximum atomic E-state index is 12.9. The molecule has 0 atom stereocenters. The Morgan fingerprint density at radius 1 is 1.00 bits per heavy atom. The molecule has 0 amide bonds. The lowest BCUT2D eigenvalue weighted by atomic mass is 10.2. The fourth-order valence-corrected chi connectivity index (χ4v) is 4.24. The van der Waals surface area contributed by atoms with Gasteiger partial charge in [0.05, 0.1) is 47.7 Å². The molecule has 1 saturated heterocycles. The van der Waals surface area contributed by atoms with Crippen LogP contribution in [0, 0.1) is 6.92 Å². The third kappa shape index (κ3) is 3.07. The van der Waals surface area contributed by atoms with Crippen molar-refractivity contribution in [3.63, 3.8) is 0 Å². The van der Waals surface area contributed by atoms with E-state index >= 15 is 0 Å². The molecular formula is C22H25N5O2. The zero-order valence-electron chi connectivity index (χ0n) is 16.8. The highest BCUT2D eigenvalue weighted by Gasteiger charge is 2.15. The monoisotopic (exact) mass is 391 g/mol. The molecule has 150 valence electrons. The largest absolute Gasteiger partial charge is 0.379 e. The van der Waals surface area contributed by atoms with Gasteiger partial charge >= 0.3 is 5.69 Å². The summed E-state index contributed by atoms with van der Waals surface area (Å²) in [4.78, 5) is 15.3. The van der Waals surface area contributed by atoms with Gasteiger partial charge in [-0.2, -0.15) is 5.10 Å². The number of nitrogens with zero attached hydrogens (tertiary/aromatic N) is 5. The van der Waals surface area contributed by atoms with Gasteiger partial charge in [0.25, 0.3) is 0 Å². The van der Waals surface area contributed by atoms with Crippen LogP contribution in [0.4, 0.5) is 0 Å². The van der Waals surface area contributed by atoms with Gasteiger partial charge in [-0.05, 0) is 37.3 Å². The molecule has 4 aromatic rings. The van der Waals surface area contributed by atoms with Gasteiger partial charge in [-0.25, -0.2) is 4.79 Å². The van der Waals surface area contributed by atoms with Crippen LogP contribution in [0.25, 0.3) is 27.6 Å². The van der Waals surface area contributed by atoms with Gasteiger partial charge in [-0.1, -0.05) is 12.1 Å². The van der Waals surface area contributed by atoms with E-state index < -0.39 is 0 Å². The van der Waals surface area contributed by atoms with E-state index in [-0.39, 0.29) is 5.69 Å². The summed E-state index contributed by atoms with van der Waals surface area (Å²) in [5, 5.41) is 5.85. The molecule has 0 spiro atoms. The van der Waals surface area contributed by atoms with E-state index in [1.54, 1.807) is 9.13 Å². The zero-order valence-corrected chi connectivity index (χ0v) is 16.8. The van der Waals surface area contributed by atoms with Crippen LogP contribution in [0.1, 0.15) is 5.69 Å². The molecule has 1 fully saturated rings. The predicted molar refractivity (Wildman–Crippen MR) is 114 cm³/mol. The quantitative estimate of drug-likeness (QED) is 0.536. The van der Waals surface area contributed by atoms with Gasteiger partial charge in [0.2, 0.25) is 0 Å². The van der Waals surface area contributed by atoms with E-state index in [0.29, 0.717) is 0 Å². The number of rotatable bonds is 4. The minimum atomic E-state index is -0.0390. The number of fused-ring (bicyclic) bond motifs is 2. The van der Waals surface area contributed by atoms with E-state index in [4.69, 9.17) is 9.84 Å². The molecule has 0 saturated carbocycles. The molecule has 2 aromatic carbocycles. The van der Waals surface area contributed by atoms with Gasteiger partial charge < -0.3 is 4.74 Å². The van der Waals surface area contributed by atoms with Gasteiger partial charge in [-0.15, -0.1) is 0 Å². The number of ether oxygens (including phenoxy) is 1. The topological polar surface area (TPSA) is 57.2 Å². The zero-order chi connectivity index (χ0) is 20.0. The van der Waals surface area contributed by atoms with Gasteiger partial charge in [0, 0.05) is 32.1 Å². The minimum absolute atomic E-state index is 0.0390. The van der Waals surface area contributed by atoms with E-state index in [0.717, 1.165) is 72.7 Å². The molecule has 2 aromatic heterocycles. The molecule has 7 nitrogen and oxygen atoms in total. The molecule has 5 rings (SSSR count). The highest BCUT2D eigenvalue weighted by atomic mass is 16.5. The predicted octanol–water partition coefficient (Wildman–Crippen LogP) is 2.32. The minimum Gasteiger partial charge on any atom is -0.379 e. The fraction of sp³-hybridized carbons (Fsp3) is 0.364. The molecule has 0 unspecified atom stereocenters. The summed E-state index contributed by atoms with van der Waals surface area (Å²) >= 11 is 0. The summed E-state index contributed by atoms with van der Waals surface area (Å²) < 4.78 is 11.0.